The predicted octanol–water partition coefficient (Wildman–Crippen LogP) is 3.48. The highest BCUT2D eigenvalue weighted by molar-refractivity contribution is 5.74. The minimum atomic E-state index is -0.307. The van der Waals surface area contributed by atoms with E-state index in [4.69, 9.17) is 0 Å². The summed E-state index contributed by atoms with van der Waals surface area (Å²) >= 11 is 0. The molecule has 0 fully saturated rings. The summed E-state index contributed by atoms with van der Waals surface area (Å²) in [5.74, 6) is 0. The molecule has 26 heavy (non-hydrogen) atoms. The molecule has 2 aromatic rings. The van der Waals surface area contributed by atoms with Gasteiger partial charge in [0.1, 0.15) is 0 Å². The maximum absolute atomic E-state index is 12.4. The van der Waals surface area contributed by atoms with Crippen molar-refractivity contribution in [1.29, 1.82) is 0 Å². The van der Waals surface area contributed by atoms with E-state index in [0.29, 0.717) is 6.54 Å². The Labute approximate surface area is 157 Å². The van der Waals surface area contributed by atoms with Crippen LogP contribution in [0.15, 0.2) is 60.7 Å². The number of nitrogens with one attached hydrogen (secondary N) is 2. The van der Waals surface area contributed by atoms with Gasteiger partial charge in [-0.2, -0.15) is 0 Å². The molecular formula is C22H31N3O. The summed E-state index contributed by atoms with van der Waals surface area (Å²) in [6.07, 6.45) is 1.70. The average Bonchev–Trinajstić information content (AvgIpc) is 2.59. The van der Waals surface area contributed by atoms with E-state index in [9.17, 15) is 4.79 Å². The molecule has 4 nitrogen and oxygen atoms in total. The van der Waals surface area contributed by atoms with Crippen molar-refractivity contribution in [2.75, 3.05) is 20.6 Å². The zero-order valence-corrected chi connectivity index (χ0v) is 16.3. The highest BCUT2D eigenvalue weighted by Crippen LogP contribution is 2.12. The Morgan fingerprint density at radius 3 is 2.04 bits per heavy atom. The van der Waals surface area contributed by atoms with Crippen LogP contribution < -0.4 is 10.6 Å². The van der Waals surface area contributed by atoms with Gasteiger partial charge in [0.2, 0.25) is 0 Å². The van der Waals surface area contributed by atoms with E-state index in [-0.39, 0.29) is 17.6 Å². The van der Waals surface area contributed by atoms with Gasteiger partial charge in [0, 0.05) is 18.1 Å². The second-order valence-electron chi connectivity index (χ2n) is 7.69. The number of nitrogens with zero attached hydrogens (tertiary/aromatic N) is 1. The van der Waals surface area contributed by atoms with Gasteiger partial charge in [-0.3, -0.25) is 0 Å². The Bertz CT molecular complexity index is 668. The molecular weight excluding hydrogens is 322 g/mol. The minimum Gasteiger partial charge on any atom is -0.337 e. The number of carbonyl (C=O) groups is 1. The van der Waals surface area contributed by atoms with Crippen LogP contribution >= 0.6 is 0 Å². The number of amides is 2. The third kappa shape index (κ3) is 6.89. The molecule has 140 valence electrons. The molecule has 0 aliphatic carbocycles. The van der Waals surface area contributed by atoms with Gasteiger partial charge in [-0.1, -0.05) is 60.7 Å². The number of carbonyl (C=O) groups excluding carboxylic acids is 1. The van der Waals surface area contributed by atoms with Crippen LogP contribution in [-0.4, -0.2) is 43.2 Å². The van der Waals surface area contributed by atoms with E-state index in [1.54, 1.807) is 0 Å². The fourth-order valence-corrected chi connectivity index (χ4v) is 3.04. The van der Waals surface area contributed by atoms with Crippen molar-refractivity contribution in [3.05, 3.63) is 71.8 Å². The van der Waals surface area contributed by atoms with Gasteiger partial charge in [-0.25, -0.2) is 4.79 Å². The van der Waals surface area contributed by atoms with E-state index >= 15 is 0 Å². The van der Waals surface area contributed by atoms with Crippen molar-refractivity contribution >= 4 is 6.03 Å². The van der Waals surface area contributed by atoms with Crippen LogP contribution in [0.2, 0.25) is 0 Å². The summed E-state index contributed by atoms with van der Waals surface area (Å²) in [7, 11) is 4.10. The molecule has 0 heterocycles. The van der Waals surface area contributed by atoms with E-state index in [2.05, 4.69) is 39.8 Å². The third-order valence-corrected chi connectivity index (χ3v) is 4.48. The van der Waals surface area contributed by atoms with Crippen molar-refractivity contribution in [1.82, 2.24) is 15.5 Å². The molecule has 0 aliphatic rings. The van der Waals surface area contributed by atoms with Crippen LogP contribution in [0.5, 0.6) is 0 Å². The van der Waals surface area contributed by atoms with Gasteiger partial charge >= 0.3 is 6.03 Å². The largest absolute Gasteiger partial charge is 0.337 e. The maximum atomic E-state index is 12.4. The van der Waals surface area contributed by atoms with E-state index in [0.717, 1.165) is 12.8 Å². The normalized spacial score (nSPS) is 12.7. The van der Waals surface area contributed by atoms with Crippen LogP contribution in [-0.2, 0) is 12.8 Å². The van der Waals surface area contributed by atoms with E-state index < -0.39 is 0 Å². The molecule has 0 bridgehead atoms. The molecule has 0 aromatic heterocycles. The minimum absolute atomic E-state index is 0.120. The smallest absolute Gasteiger partial charge is 0.315 e. The number of urea groups is 1. The Morgan fingerprint density at radius 1 is 0.962 bits per heavy atom. The summed E-state index contributed by atoms with van der Waals surface area (Å²) in [4.78, 5) is 14.5. The number of likely N-dealkylation sites (N-methyl/N-ethyl adjacent to an activating group) is 1. The lowest BCUT2D eigenvalue weighted by atomic mass is 9.95. The van der Waals surface area contributed by atoms with Crippen molar-refractivity contribution < 1.29 is 4.79 Å². The Kier molecular flexibility index (Phi) is 7.22. The number of hydrogen-bond acceptors (Lipinski definition) is 2. The first kappa shape index (κ1) is 20.0. The highest BCUT2D eigenvalue weighted by atomic mass is 16.2. The van der Waals surface area contributed by atoms with Crippen LogP contribution in [0.25, 0.3) is 0 Å². The highest BCUT2D eigenvalue weighted by Gasteiger charge is 2.21. The Hall–Kier alpha value is -2.33. The third-order valence-electron chi connectivity index (χ3n) is 4.48. The van der Waals surface area contributed by atoms with Gasteiger partial charge in [0.05, 0.1) is 0 Å². The summed E-state index contributed by atoms with van der Waals surface area (Å²) in [6.45, 7) is 4.70. The quantitative estimate of drug-likeness (QED) is 0.763. The zero-order chi connectivity index (χ0) is 19.0. The molecule has 0 aliphatic heterocycles. The van der Waals surface area contributed by atoms with Gasteiger partial charge in [-0.15, -0.1) is 0 Å². The van der Waals surface area contributed by atoms with Crippen LogP contribution in [0, 0.1) is 0 Å². The fourth-order valence-electron chi connectivity index (χ4n) is 3.04. The molecule has 2 aromatic carbocycles. The lowest BCUT2D eigenvalue weighted by Gasteiger charge is -2.29. The summed E-state index contributed by atoms with van der Waals surface area (Å²) in [6, 6.07) is 20.7. The van der Waals surface area contributed by atoms with E-state index in [1.807, 2.05) is 64.3 Å². The molecule has 4 heteroatoms. The molecule has 0 radical (unpaired) electrons. The molecule has 2 rings (SSSR count). The lowest BCUT2D eigenvalue weighted by Crippen LogP contribution is -2.52. The monoisotopic (exact) mass is 353 g/mol. The molecule has 2 amide bonds. The summed E-state index contributed by atoms with van der Waals surface area (Å²) < 4.78 is 0. The SMILES string of the molecule is CN(C)C(CNC(=O)NC(C)(C)Cc1ccccc1)Cc1ccccc1. The summed E-state index contributed by atoms with van der Waals surface area (Å²) in [5.41, 5.74) is 2.18. The molecule has 2 N–H and O–H groups in total. The fraction of sp³-hybridized carbons (Fsp3) is 0.409. The molecule has 1 unspecified atom stereocenters. The molecule has 0 spiro atoms. The number of benzene rings is 2. The maximum Gasteiger partial charge on any atom is 0.315 e. The zero-order valence-electron chi connectivity index (χ0n) is 16.3. The van der Waals surface area contributed by atoms with Crippen LogP contribution in [0.1, 0.15) is 25.0 Å². The van der Waals surface area contributed by atoms with E-state index in [1.165, 1.54) is 11.1 Å². The summed E-state index contributed by atoms with van der Waals surface area (Å²) in [5, 5.41) is 6.13. The average molecular weight is 354 g/mol. The topological polar surface area (TPSA) is 44.4 Å². The van der Waals surface area contributed by atoms with Crippen LogP contribution in [0.3, 0.4) is 0 Å². The van der Waals surface area contributed by atoms with Crippen LogP contribution in [0.4, 0.5) is 4.79 Å². The second kappa shape index (κ2) is 9.39. The first-order valence-electron chi connectivity index (χ1n) is 9.16. The van der Waals surface area contributed by atoms with Crippen molar-refractivity contribution in [3.8, 4) is 0 Å². The first-order valence-corrected chi connectivity index (χ1v) is 9.16. The number of rotatable bonds is 8. The van der Waals surface area contributed by atoms with Gasteiger partial charge in [-0.05, 0) is 51.9 Å². The number of hydrogen-bond donors (Lipinski definition) is 2. The van der Waals surface area contributed by atoms with Crippen molar-refractivity contribution in [2.45, 2.75) is 38.3 Å². The van der Waals surface area contributed by atoms with Gasteiger partial charge < -0.3 is 15.5 Å². The Balaban J connectivity index is 1.85. The van der Waals surface area contributed by atoms with Crippen molar-refractivity contribution in [3.63, 3.8) is 0 Å². The molecule has 1 atom stereocenters. The van der Waals surface area contributed by atoms with Gasteiger partial charge in [0.15, 0.2) is 0 Å². The predicted molar refractivity (Wildman–Crippen MR) is 108 cm³/mol. The Morgan fingerprint density at radius 2 is 1.50 bits per heavy atom. The second-order valence-corrected chi connectivity index (χ2v) is 7.69. The van der Waals surface area contributed by atoms with Gasteiger partial charge in [0.25, 0.3) is 0 Å². The molecule has 0 saturated carbocycles. The first-order chi connectivity index (χ1) is 12.4. The standard InChI is InChI=1S/C22H31N3O/c1-22(2,16-19-13-9-6-10-14-19)24-21(26)23-17-20(25(3)4)15-18-11-7-5-8-12-18/h5-14,20H,15-17H2,1-4H3,(H2,23,24,26). The lowest BCUT2D eigenvalue weighted by molar-refractivity contribution is 0.222. The van der Waals surface area contributed by atoms with Crippen molar-refractivity contribution in [2.24, 2.45) is 0 Å². The molecule has 0 saturated heterocycles.